The Morgan fingerprint density at radius 3 is 3.00 bits per heavy atom. The minimum Gasteiger partial charge on any atom is -0.315 e. The van der Waals surface area contributed by atoms with Gasteiger partial charge in [0.25, 0.3) is 0 Å². The summed E-state index contributed by atoms with van der Waals surface area (Å²) in [6.45, 7) is 5.76. The first-order chi connectivity index (χ1) is 7.83. The van der Waals surface area contributed by atoms with Crippen molar-refractivity contribution in [1.82, 2.24) is 10.2 Å². The zero-order chi connectivity index (χ0) is 11.4. The Morgan fingerprint density at radius 2 is 2.25 bits per heavy atom. The van der Waals surface area contributed by atoms with Crippen LogP contribution in [-0.2, 0) is 13.1 Å². The summed E-state index contributed by atoms with van der Waals surface area (Å²) in [6, 6.07) is 5.38. The Labute approximate surface area is 103 Å². The predicted molar refractivity (Wildman–Crippen MR) is 70.8 cm³/mol. The molecule has 0 radical (unpaired) electrons. The molecule has 1 unspecified atom stereocenters. The van der Waals surface area contributed by atoms with Gasteiger partial charge in [-0.1, -0.05) is 6.92 Å². The molecule has 0 amide bonds. The minimum absolute atomic E-state index is 0.829. The van der Waals surface area contributed by atoms with Crippen LogP contribution in [0, 0.1) is 0 Å². The van der Waals surface area contributed by atoms with Crippen LogP contribution in [0.5, 0.6) is 0 Å². The van der Waals surface area contributed by atoms with Crippen LogP contribution in [0.2, 0.25) is 0 Å². The van der Waals surface area contributed by atoms with E-state index in [-0.39, 0.29) is 0 Å². The van der Waals surface area contributed by atoms with Crippen LogP contribution in [0.15, 0.2) is 12.1 Å². The third-order valence-corrected chi connectivity index (χ3v) is 4.47. The van der Waals surface area contributed by atoms with Gasteiger partial charge in [0.2, 0.25) is 0 Å². The molecule has 90 valence electrons. The highest BCUT2D eigenvalue weighted by molar-refractivity contribution is 7.11. The number of hydrogen-bond donors (Lipinski definition) is 1. The van der Waals surface area contributed by atoms with E-state index in [9.17, 15) is 0 Å². The van der Waals surface area contributed by atoms with Gasteiger partial charge in [0, 0.05) is 28.9 Å². The lowest BCUT2D eigenvalue weighted by Crippen LogP contribution is -2.27. The van der Waals surface area contributed by atoms with E-state index in [1.807, 2.05) is 18.4 Å². The smallest absolute Gasteiger partial charge is 0.0330 e. The Kier molecular flexibility index (Phi) is 4.38. The summed E-state index contributed by atoms with van der Waals surface area (Å²) in [5, 5.41) is 3.21. The maximum absolute atomic E-state index is 3.21. The standard InChI is InChI=1S/C13H22N2S/c1-3-11-5-4-8-15(11)10-13-7-6-12(16-13)9-14-2/h6-7,11,14H,3-5,8-10H2,1-2H3. The van der Waals surface area contributed by atoms with Gasteiger partial charge in [0.15, 0.2) is 0 Å². The summed E-state index contributed by atoms with van der Waals surface area (Å²) < 4.78 is 0. The second kappa shape index (κ2) is 5.80. The highest BCUT2D eigenvalue weighted by Crippen LogP contribution is 2.25. The summed E-state index contributed by atoms with van der Waals surface area (Å²) >= 11 is 1.95. The largest absolute Gasteiger partial charge is 0.315 e. The van der Waals surface area contributed by atoms with E-state index in [0.717, 1.165) is 19.1 Å². The maximum atomic E-state index is 3.21. The Morgan fingerprint density at radius 1 is 1.44 bits per heavy atom. The first kappa shape index (κ1) is 12.1. The second-order valence-electron chi connectivity index (χ2n) is 4.57. The lowest BCUT2D eigenvalue weighted by atomic mass is 10.2. The molecule has 0 saturated carbocycles. The van der Waals surface area contributed by atoms with Gasteiger partial charge in [0.05, 0.1) is 0 Å². The van der Waals surface area contributed by atoms with Crippen molar-refractivity contribution in [3.05, 3.63) is 21.9 Å². The van der Waals surface area contributed by atoms with Crippen LogP contribution in [-0.4, -0.2) is 24.5 Å². The summed E-state index contributed by atoms with van der Waals surface area (Å²) in [4.78, 5) is 5.62. The van der Waals surface area contributed by atoms with E-state index in [1.165, 1.54) is 35.6 Å². The Bertz CT molecular complexity index is 321. The van der Waals surface area contributed by atoms with Crippen LogP contribution in [0.1, 0.15) is 35.9 Å². The molecule has 1 saturated heterocycles. The Hall–Kier alpha value is -0.380. The molecule has 1 aromatic heterocycles. The van der Waals surface area contributed by atoms with Crippen molar-refractivity contribution in [2.45, 2.75) is 45.3 Å². The molecule has 1 fully saturated rings. The van der Waals surface area contributed by atoms with Gasteiger partial charge in [0.1, 0.15) is 0 Å². The van der Waals surface area contributed by atoms with Crippen LogP contribution >= 0.6 is 11.3 Å². The molecule has 1 atom stereocenters. The molecule has 0 spiro atoms. The first-order valence-electron chi connectivity index (χ1n) is 6.29. The maximum Gasteiger partial charge on any atom is 0.0330 e. The van der Waals surface area contributed by atoms with E-state index in [2.05, 4.69) is 29.3 Å². The number of nitrogens with one attached hydrogen (secondary N) is 1. The van der Waals surface area contributed by atoms with Gasteiger partial charge in [-0.15, -0.1) is 11.3 Å². The molecule has 2 nitrogen and oxygen atoms in total. The zero-order valence-electron chi connectivity index (χ0n) is 10.3. The van der Waals surface area contributed by atoms with E-state index < -0.39 is 0 Å². The van der Waals surface area contributed by atoms with Crippen LogP contribution in [0.25, 0.3) is 0 Å². The van der Waals surface area contributed by atoms with E-state index in [0.29, 0.717) is 0 Å². The van der Waals surface area contributed by atoms with Crippen molar-refractivity contribution in [1.29, 1.82) is 0 Å². The van der Waals surface area contributed by atoms with Gasteiger partial charge in [-0.2, -0.15) is 0 Å². The van der Waals surface area contributed by atoms with Gasteiger partial charge in [-0.3, -0.25) is 4.90 Å². The van der Waals surface area contributed by atoms with Gasteiger partial charge < -0.3 is 5.32 Å². The molecule has 1 aliphatic heterocycles. The number of nitrogens with zero attached hydrogens (tertiary/aromatic N) is 1. The molecule has 1 aromatic rings. The fourth-order valence-electron chi connectivity index (χ4n) is 2.54. The van der Waals surface area contributed by atoms with Crippen molar-refractivity contribution >= 4 is 11.3 Å². The normalized spacial score (nSPS) is 21.8. The first-order valence-corrected chi connectivity index (χ1v) is 7.11. The van der Waals surface area contributed by atoms with Crippen molar-refractivity contribution in [3.63, 3.8) is 0 Å². The summed E-state index contributed by atoms with van der Waals surface area (Å²) in [5.41, 5.74) is 0. The Balaban J connectivity index is 1.92. The lowest BCUT2D eigenvalue weighted by molar-refractivity contribution is 0.242. The molecule has 1 N–H and O–H groups in total. The van der Waals surface area contributed by atoms with Gasteiger partial charge in [-0.05, 0) is 45.0 Å². The van der Waals surface area contributed by atoms with Crippen LogP contribution in [0.4, 0.5) is 0 Å². The van der Waals surface area contributed by atoms with E-state index >= 15 is 0 Å². The predicted octanol–water partition coefficient (Wildman–Crippen LogP) is 2.84. The van der Waals surface area contributed by atoms with Crippen LogP contribution < -0.4 is 5.32 Å². The van der Waals surface area contributed by atoms with Gasteiger partial charge in [-0.25, -0.2) is 0 Å². The molecule has 16 heavy (non-hydrogen) atoms. The molecule has 0 aliphatic carbocycles. The third kappa shape index (κ3) is 2.84. The van der Waals surface area contributed by atoms with Crippen molar-refractivity contribution in [2.24, 2.45) is 0 Å². The quantitative estimate of drug-likeness (QED) is 0.848. The average Bonchev–Trinajstić information content (AvgIpc) is 2.89. The highest BCUT2D eigenvalue weighted by atomic mass is 32.1. The fourth-order valence-corrected chi connectivity index (χ4v) is 3.60. The van der Waals surface area contributed by atoms with E-state index in [1.54, 1.807) is 0 Å². The molecule has 2 rings (SSSR count). The van der Waals surface area contributed by atoms with Crippen molar-refractivity contribution < 1.29 is 0 Å². The second-order valence-corrected chi connectivity index (χ2v) is 5.83. The summed E-state index contributed by atoms with van der Waals surface area (Å²) in [5.74, 6) is 0. The molecule has 0 bridgehead atoms. The van der Waals surface area contributed by atoms with Crippen molar-refractivity contribution in [3.8, 4) is 0 Å². The third-order valence-electron chi connectivity index (χ3n) is 3.40. The number of rotatable bonds is 5. The number of thiophene rings is 1. The molecular weight excluding hydrogens is 216 g/mol. The number of likely N-dealkylation sites (tertiary alicyclic amines) is 1. The number of hydrogen-bond acceptors (Lipinski definition) is 3. The summed E-state index contributed by atoms with van der Waals surface area (Å²) in [6.07, 6.45) is 4.08. The average molecular weight is 238 g/mol. The van der Waals surface area contributed by atoms with Crippen molar-refractivity contribution in [2.75, 3.05) is 13.6 Å². The minimum atomic E-state index is 0.829. The summed E-state index contributed by atoms with van der Waals surface area (Å²) in [7, 11) is 2.01. The SMILES string of the molecule is CCC1CCCN1Cc1ccc(CNC)s1. The lowest BCUT2D eigenvalue weighted by Gasteiger charge is -2.22. The zero-order valence-corrected chi connectivity index (χ0v) is 11.1. The molecule has 3 heteroatoms. The molecule has 2 heterocycles. The highest BCUT2D eigenvalue weighted by Gasteiger charge is 2.22. The monoisotopic (exact) mass is 238 g/mol. The fraction of sp³-hybridized carbons (Fsp3) is 0.692. The van der Waals surface area contributed by atoms with E-state index in [4.69, 9.17) is 0 Å². The van der Waals surface area contributed by atoms with Crippen LogP contribution in [0.3, 0.4) is 0 Å². The molecule has 1 aliphatic rings. The molecular formula is C13H22N2S. The topological polar surface area (TPSA) is 15.3 Å². The van der Waals surface area contributed by atoms with Gasteiger partial charge >= 0.3 is 0 Å². The molecule has 0 aromatic carbocycles.